The van der Waals surface area contributed by atoms with Crippen LogP contribution >= 0.6 is 23.8 Å². The van der Waals surface area contributed by atoms with Crippen molar-refractivity contribution in [2.45, 2.75) is 58.3 Å². The fourth-order valence-corrected chi connectivity index (χ4v) is 5.73. The van der Waals surface area contributed by atoms with Crippen molar-refractivity contribution in [3.8, 4) is 0 Å². The van der Waals surface area contributed by atoms with Crippen molar-refractivity contribution in [3.63, 3.8) is 0 Å². The number of aromatic nitrogens is 2. The molecular formula is C25H34ClN5S. The van der Waals surface area contributed by atoms with E-state index in [4.69, 9.17) is 28.8 Å². The van der Waals surface area contributed by atoms with Crippen LogP contribution in [0.2, 0.25) is 5.02 Å². The number of hydrogen-bond acceptors (Lipinski definition) is 4. The molecule has 1 aliphatic carbocycles. The summed E-state index contributed by atoms with van der Waals surface area (Å²) in [5, 5.41) is 8.04. The predicted octanol–water partition coefficient (Wildman–Crippen LogP) is 5.72. The molecule has 2 fully saturated rings. The highest BCUT2D eigenvalue weighted by atomic mass is 35.5. The molecule has 0 bridgehead atoms. The fourth-order valence-electron chi connectivity index (χ4n) is 5.44. The lowest BCUT2D eigenvalue weighted by molar-refractivity contribution is 0.355. The molecule has 0 amide bonds. The third-order valence-electron chi connectivity index (χ3n) is 6.86. The van der Waals surface area contributed by atoms with Crippen molar-refractivity contribution in [1.82, 2.24) is 15.3 Å². The Labute approximate surface area is 202 Å². The molecule has 0 radical (unpaired) electrons. The van der Waals surface area contributed by atoms with Crippen LogP contribution in [0.4, 0.5) is 11.8 Å². The molecule has 32 heavy (non-hydrogen) atoms. The zero-order valence-corrected chi connectivity index (χ0v) is 20.9. The number of piperidine rings is 1. The summed E-state index contributed by atoms with van der Waals surface area (Å²) in [5.74, 6) is 2.89. The van der Waals surface area contributed by atoms with Gasteiger partial charge in [0.2, 0.25) is 5.95 Å². The highest BCUT2D eigenvalue weighted by Gasteiger charge is 2.35. The number of hydrogen-bond donors (Lipinski definition) is 2. The summed E-state index contributed by atoms with van der Waals surface area (Å²) in [6.07, 6.45) is 6.06. The number of halogens is 1. The number of aryl methyl sites for hydroxylation is 1. The second kappa shape index (κ2) is 9.92. The third-order valence-corrected chi connectivity index (χ3v) is 7.36. The van der Waals surface area contributed by atoms with Gasteiger partial charge >= 0.3 is 0 Å². The molecule has 1 aromatic heterocycles. The van der Waals surface area contributed by atoms with Crippen LogP contribution in [-0.2, 0) is 5.41 Å². The zero-order chi connectivity index (χ0) is 22.7. The lowest BCUT2D eigenvalue weighted by atomic mass is 9.79. The van der Waals surface area contributed by atoms with Crippen LogP contribution in [-0.4, -0.2) is 34.7 Å². The van der Waals surface area contributed by atoms with Gasteiger partial charge in [0.25, 0.3) is 0 Å². The average molecular weight is 472 g/mol. The lowest BCUT2D eigenvalue weighted by Gasteiger charge is -2.36. The van der Waals surface area contributed by atoms with Gasteiger partial charge in [-0.25, -0.2) is 4.98 Å². The predicted molar refractivity (Wildman–Crippen MR) is 138 cm³/mol. The Bertz CT molecular complexity index is 932. The molecule has 1 aromatic carbocycles. The first-order valence-electron chi connectivity index (χ1n) is 11.7. The van der Waals surface area contributed by atoms with E-state index < -0.39 is 0 Å². The molecule has 7 heteroatoms. The lowest BCUT2D eigenvalue weighted by Crippen LogP contribution is -2.41. The van der Waals surface area contributed by atoms with Crippen molar-refractivity contribution in [1.29, 1.82) is 0 Å². The maximum Gasteiger partial charge on any atom is 0.231 e. The van der Waals surface area contributed by atoms with Gasteiger partial charge in [-0.05, 0) is 67.9 Å². The quantitative estimate of drug-likeness (QED) is 0.544. The summed E-state index contributed by atoms with van der Waals surface area (Å²) < 4.78 is 0. The maximum absolute atomic E-state index is 6.12. The monoisotopic (exact) mass is 471 g/mol. The van der Waals surface area contributed by atoms with Crippen molar-refractivity contribution in [2.75, 3.05) is 29.9 Å². The number of nitrogens with one attached hydrogen (secondary N) is 2. The molecule has 1 aliphatic heterocycles. The third kappa shape index (κ3) is 5.52. The van der Waals surface area contributed by atoms with Crippen molar-refractivity contribution < 1.29 is 0 Å². The van der Waals surface area contributed by atoms with Gasteiger partial charge in [-0.3, -0.25) is 0 Å². The largest absolute Gasteiger partial charge is 0.361 e. The summed E-state index contributed by atoms with van der Waals surface area (Å²) in [4.78, 5) is 11.8. The van der Waals surface area contributed by atoms with Crippen LogP contribution in [0.5, 0.6) is 0 Å². The van der Waals surface area contributed by atoms with Crippen LogP contribution in [0.3, 0.4) is 0 Å². The first-order valence-corrected chi connectivity index (χ1v) is 12.5. The second-order valence-corrected chi connectivity index (χ2v) is 10.7. The molecule has 1 saturated carbocycles. The Morgan fingerprint density at radius 3 is 2.44 bits per heavy atom. The van der Waals surface area contributed by atoms with Gasteiger partial charge < -0.3 is 15.5 Å². The molecule has 2 atom stereocenters. The van der Waals surface area contributed by atoms with Gasteiger partial charge in [0.05, 0.1) is 0 Å². The van der Waals surface area contributed by atoms with Crippen molar-refractivity contribution >= 4 is 40.7 Å². The molecule has 172 valence electrons. The minimum Gasteiger partial charge on any atom is -0.361 e. The number of nitrogens with zero attached hydrogens (tertiary/aromatic N) is 3. The number of benzene rings is 1. The molecule has 5 nitrogen and oxygen atoms in total. The van der Waals surface area contributed by atoms with Gasteiger partial charge in [-0.2, -0.15) is 4.98 Å². The van der Waals surface area contributed by atoms with E-state index in [1.165, 1.54) is 24.8 Å². The van der Waals surface area contributed by atoms with Crippen LogP contribution in [0.15, 0.2) is 30.3 Å². The summed E-state index contributed by atoms with van der Waals surface area (Å²) in [7, 11) is 0. The SMILES string of the molecule is Cc1cc(N2C[C@@H](C)C[C@H](C)C2)nc(NC(=S)NCC2(c3ccc(Cl)cc3)CCCC2)n1. The van der Waals surface area contributed by atoms with Gasteiger partial charge in [0, 0.05) is 41.8 Å². The van der Waals surface area contributed by atoms with Crippen molar-refractivity contribution in [2.24, 2.45) is 11.8 Å². The molecular weight excluding hydrogens is 438 g/mol. The van der Waals surface area contributed by atoms with E-state index in [0.29, 0.717) is 22.9 Å². The normalized spacial score (nSPS) is 22.6. The molecule has 4 rings (SSSR count). The van der Waals surface area contributed by atoms with Crippen LogP contribution in [0.1, 0.15) is 57.2 Å². The summed E-state index contributed by atoms with van der Waals surface area (Å²) in [6, 6.07) is 10.3. The molecule has 0 unspecified atom stereocenters. The molecule has 1 saturated heterocycles. The smallest absolute Gasteiger partial charge is 0.231 e. The van der Waals surface area contributed by atoms with Gasteiger partial charge in [0.15, 0.2) is 5.11 Å². The van der Waals surface area contributed by atoms with E-state index in [1.807, 2.05) is 19.1 Å². The van der Waals surface area contributed by atoms with Crippen LogP contribution < -0.4 is 15.5 Å². The van der Waals surface area contributed by atoms with E-state index in [1.54, 1.807) is 0 Å². The topological polar surface area (TPSA) is 53.1 Å². The molecule has 2 aromatic rings. The fraction of sp³-hybridized carbons (Fsp3) is 0.560. The van der Waals surface area contributed by atoms with E-state index in [2.05, 4.69) is 52.6 Å². The number of rotatable bonds is 5. The highest BCUT2D eigenvalue weighted by molar-refractivity contribution is 7.80. The Morgan fingerprint density at radius 2 is 1.78 bits per heavy atom. The Kier molecular flexibility index (Phi) is 7.21. The maximum atomic E-state index is 6.12. The summed E-state index contributed by atoms with van der Waals surface area (Å²) >= 11 is 11.7. The van der Waals surface area contributed by atoms with Gasteiger partial charge in [-0.15, -0.1) is 0 Å². The standard InChI is InChI=1S/C25H34ClN5S/c1-17-12-18(2)15-31(14-17)22-13-19(3)28-23(29-22)30-24(32)27-16-25(10-4-5-11-25)20-6-8-21(26)9-7-20/h6-9,13,17-18H,4-5,10-12,14-16H2,1-3H3,(H2,27,28,29,30,32)/t17-,18-/m0/s1. The van der Waals surface area contributed by atoms with E-state index in [9.17, 15) is 0 Å². The van der Waals surface area contributed by atoms with Gasteiger partial charge in [0.1, 0.15) is 5.82 Å². The highest BCUT2D eigenvalue weighted by Crippen LogP contribution is 2.41. The second-order valence-electron chi connectivity index (χ2n) is 9.84. The Morgan fingerprint density at radius 1 is 1.12 bits per heavy atom. The summed E-state index contributed by atoms with van der Waals surface area (Å²) in [6.45, 7) is 9.50. The zero-order valence-electron chi connectivity index (χ0n) is 19.3. The first kappa shape index (κ1) is 23.2. The minimum absolute atomic E-state index is 0.0923. The molecule has 2 N–H and O–H groups in total. The molecule has 0 spiro atoms. The van der Waals surface area contributed by atoms with Crippen LogP contribution in [0, 0.1) is 18.8 Å². The minimum atomic E-state index is 0.0923. The molecule has 2 aliphatic rings. The Hall–Kier alpha value is -1.92. The first-order chi connectivity index (χ1) is 15.3. The number of anilines is 2. The van der Waals surface area contributed by atoms with Crippen LogP contribution in [0.25, 0.3) is 0 Å². The van der Waals surface area contributed by atoms with Gasteiger partial charge in [-0.1, -0.05) is 50.4 Å². The van der Waals surface area contributed by atoms with E-state index in [0.717, 1.165) is 49.0 Å². The van der Waals surface area contributed by atoms with E-state index in [-0.39, 0.29) is 5.41 Å². The number of thiocarbonyl (C=S) groups is 1. The summed E-state index contributed by atoms with van der Waals surface area (Å²) in [5.41, 5.74) is 2.37. The average Bonchev–Trinajstić information content (AvgIpc) is 3.22. The Balaban J connectivity index is 1.42. The van der Waals surface area contributed by atoms with Crippen molar-refractivity contribution in [3.05, 3.63) is 46.6 Å². The molecule has 2 heterocycles. The van der Waals surface area contributed by atoms with E-state index >= 15 is 0 Å².